The average Bonchev–Trinajstić information content (AvgIpc) is 2.82. The molecule has 0 unspecified atom stereocenters. The number of anilines is 2. The molecule has 1 aliphatic rings. The predicted molar refractivity (Wildman–Crippen MR) is 128 cm³/mol. The van der Waals surface area contributed by atoms with Crippen LogP contribution in [0, 0.1) is 0 Å². The Kier molecular flexibility index (Phi) is 5.93. The minimum atomic E-state index is -0.589. The maximum atomic E-state index is 11.5. The lowest BCUT2D eigenvalue weighted by molar-refractivity contribution is 0.0706. The molecule has 3 aromatic rings. The van der Waals surface area contributed by atoms with Crippen LogP contribution in [0.2, 0.25) is 0 Å². The van der Waals surface area contributed by atoms with Crippen LogP contribution in [-0.4, -0.2) is 36.8 Å². The highest BCUT2D eigenvalue weighted by atomic mass is 16.5. The predicted octanol–water partition coefficient (Wildman–Crippen LogP) is 4.65. The maximum absolute atomic E-state index is 11.5. The molecule has 1 heterocycles. The number of para-hydroxylation sites is 1. The van der Waals surface area contributed by atoms with Gasteiger partial charge in [0.05, 0.1) is 7.11 Å². The van der Waals surface area contributed by atoms with Gasteiger partial charge in [0.25, 0.3) is 5.91 Å². The first-order valence-corrected chi connectivity index (χ1v) is 10.4. The Morgan fingerprint density at radius 1 is 1.06 bits per heavy atom. The van der Waals surface area contributed by atoms with Crippen molar-refractivity contribution in [3.63, 3.8) is 0 Å². The molecule has 0 saturated heterocycles. The highest BCUT2D eigenvalue weighted by Gasteiger charge is 2.28. The Hall–Kier alpha value is -4.04. The molecule has 33 heavy (non-hydrogen) atoms. The van der Waals surface area contributed by atoms with Gasteiger partial charge in [-0.2, -0.15) is 0 Å². The molecule has 8 nitrogen and oxygen atoms in total. The normalized spacial score (nSPS) is 13.8. The third-order valence-electron chi connectivity index (χ3n) is 5.29. The summed E-state index contributed by atoms with van der Waals surface area (Å²) >= 11 is 0. The second kappa shape index (κ2) is 8.84. The van der Waals surface area contributed by atoms with E-state index in [0.717, 1.165) is 22.8 Å². The Bertz CT molecular complexity index is 1210. The smallest absolute Gasteiger partial charge is 0.274 e. The number of nitrogens with one attached hydrogen (secondary N) is 2. The molecule has 8 heteroatoms. The van der Waals surface area contributed by atoms with Gasteiger partial charge in [0, 0.05) is 35.6 Å². The van der Waals surface area contributed by atoms with Crippen molar-refractivity contribution in [2.45, 2.75) is 19.5 Å². The number of hydroxylamine groups is 1. The molecular formula is C25H26N4O4. The van der Waals surface area contributed by atoms with E-state index < -0.39 is 11.6 Å². The second-order valence-corrected chi connectivity index (χ2v) is 8.13. The first-order chi connectivity index (χ1) is 15.8. The Labute approximate surface area is 192 Å². The van der Waals surface area contributed by atoms with Crippen molar-refractivity contribution in [1.82, 2.24) is 5.48 Å². The zero-order valence-corrected chi connectivity index (χ0v) is 18.9. The number of carbonyl (C=O) groups excluding carboxylic acids is 1. The lowest BCUT2D eigenvalue weighted by Gasteiger charge is -2.34. The van der Waals surface area contributed by atoms with Crippen LogP contribution in [0.5, 0.6) is 17.2 Å². The van der Waals surface area contributed by atoms with Crippen LogP contribution in [0.15, 0.2) is 71.7 Å². The Balaban J connectivity index is 1.66. The van der Waals surface area contributed by atoms with Gasteiger partial charge in [0.1, 0.15) is 17.2 Å². The van der Waals surface area contributed by atoms with E-state index in [1.54, 1.807) is 36.9 Å². The van der Waals surface area contributed by atoms with E-state index in [4.69, 9.17) is 19.7 Å². The maximum Gasteiger partial charge on any atom is 0.274 e. The number of benzene rings is 3. The van der Waals surface area contributed by atoms with E-state index >= 15 is 0 Å². The number of rotatable bonds is 5. The zero-order valence-electron chi connectivity index (χ0n) is 18.9. The number of amides is 1. The van der Waals surface area contributed by atoms with Crippen molar-refractivity contribution < 1.29 is 19.5 Å². The number of ether oxygens (including phenoxy) is 2. The first-order valence-electron chi connectivity index (χ1n) is 10.4. The third-order valence-corrected chi connectivity index (χ3v) is 5.29. The van der Waals surface area contributed by atoms with Crippen molar-refractivity contribution in [1.29, 1.82) is 0 Å². The lowest BCUT2D eigenvalue weighted by Crippen LogP contribution is -2.40. The van der Waals surface area contributed by atoms with Crippen LogP contribution >= 0.6 is 0 Å². The number of methoxy groups -OCH3 is 1. The summed E-state index contributed by atoms with van der Waals surface area (Å²) in [5.74, 6) is 1.85. The van der Waals surface area contributed by atoms with Gasteiger partial charge in [0.15, 0.2) is 11.5 Å². The fourth-order valence-electron chi connectivity index (χ4n) is 3.67. The number of aliphatic imine (C=N–C) groups is 1. The van der Waals surface area contributed by atoms with Gasteiger partial charge in [-0.1, -0.05) is 12.1 Å². The summed E-state index contributed by atoms with van der Waals surface area (Å²) in [6.07, 6.45) is 0. The fraction of sp³-hybridized carbons (Fsp3) is 0.200. The second-order valence-electron chi connectivity index (χ2n) is 8.13. The standard InChI is InChI=1S/C25H26N4O4/c1-25(2)26-20-8-6-5-7-19(20)23(27-25)29(3)17-11-14-21(32-4)22(15-17)33-18-12-9-16(10-13-18)24(30)28-31/h5-15,26,31H,1-4H3,(H,28,30). The van der Waals surface area contributed by atoms with Crippen LogP contribution in [0.3, 0.4) is 0 Å². The Morgan fingerprint density at radius 2 is 1.79 bits per heavy atom. The van der Waals surface area contributed by atoms with Gasteiger partial charge >= 0.3 is 0 Å². The summed E-state index contributed by atoms with van der Waals surface area (Å²) in [6.45, 7) is 4.06. The number of hydrogen-bond acceptors (Lipinski definition) is 7. The SMILES string of the molecule is COc1ccc(N(C)C2=NC(C)(C)Nc3ccccc32)cc1Oc1ccc(C(=O)NO)cc1. The molecule has 170 valence electrons. The molecule has 3 aromatic carbocycles. The molecule has 0 radical (unpaired) electrons. The molecule has 1 amide bonds. The number of nitrogens with zero attached hydrogens (tertiary/aromatic N) is 2. The summed E-state index contributed by atoms with van der Waals surface area (Å²) in [4.78, 5) is 18.5. The topological polar surface area (TPSA) is 95.4 Å². The molecule has 4 rings (SSSR count). The number of fused-ring (bicyclic) bond motifs is 1. The van der Waals surface area contributed by atoms with Gasteiger partial charge in [-0.05, 0) is 62.4 Å². The molecule has 0 spiro atoms. The third kappa shape index (κ3) is 4.61. The van der Waals surface area contributed by atoms with Gasteiger partial charge < -0.3 is 19.7 Å². The minimum Gasteiger partial charge on any atom is -0.493 e. The molecule has 0 saturated carbocycles. The fourth-order valence-corrected chi connectivity index (χ4v) is 3.67. The summed E-state index contributed by atoms with van der Waals surface area (Å²) in [5.41, 5.74) is 4.38. The van der Waals surface area contributed by atoms with Crippen LogP contribution < -0.4 is 25.2 Å². The number of carbonyl (C=O) groups is 1. The average molecular weight is 447 g/mol. The molecular weight excluding hydrogens is 420 g/mol. The van der Waals surface area contributed by atoms with Crippen molar-refractivity contribution in [3.05, 3.63) is 77.9 Å². The lowest BCUT2D eigenvalue weighted by atomic mass is 10.0. The summed E-state index contributed by atoms with van der Waals surface area (Å²) in [6, 6.07) is 20.2. The quantitative estimate of drug-likeness (QED) is 0.390. The van der Waals surface area contributed by atoms with Crippen molar-refractivity contribution in [3.8, 4) is 17.2 Å². The molecule has 1 aliphatic heterocycles. The van der Waals surface area contributed by atoms with E-state index in [1.165, 1.54) is 0 Å². The van der Waals surface area contributed by atoms with Gasteiger partial charge in [-0.15, -0.1) is 0 Å². The minimum absolute atomic E-state index is 0.315. The first kappa shape index (κ1) is 22.2. The van der Waals surface area contributed by atoms with Crippen LogP contribution in [0.1, 0.15) is 29.8 Å². The van der Waals surface area contributed by atoms with E-state index in [9.17, 15) is 4.79 Å². The molecule has 0 atom stereocenters. The molecule has 0 bridgehead atoms. The summed E-state index contributed by atoms with van der Waals surface area (Å²) < 4.78 is 11.5. The van der Waals surface area contributed by atoms with Gasteiger partial charge in [0.2, 0.25) is 0 Å². The summed E-state index contributed by atoms with van der Waals surface area (Å²) in [7, 11) is 3.54. The van der Waals surface area contributed by atoms with E-state index in [2.05, 4.69) is 5.32 Å². The molecule has 0 fully saturated rings. The molecule has 0 aromatic heterocycles. The van der Waals surface area contributed by atoms with Gasteiger partial charge in [-0.3, -0.25) is 10.0 Å². The Morgan fingerprint density at radius 3 is 2.48 bits per heavy atom. The monoisotopic (exact) mass is 446 g/mol. The van der Waals surface area contributed by atoms with Crippen molar-refractivity contribution in [2.75, 3.05) is 24.4 Å². The van der Waals surface area contributed by atoms with E-state index in [1.807, 2.05) is 68.3 Å². The summed E-state index contributed by atoms with van der Waals surface area (Å²) in [5, 5.41) is 12.2. The number of amidine groups is 1. The highest BCUT2D eigenvalue weighted by Crippen LogP contribution is 2.37. The van der Waals surface area contributed by atoms with Crippen LogP contribution in [0.4, 0.5) is 11.4 Å². The molecule has 0 aliphatic carbocycles. The van der Waals surface area contributed by atoms with Crippen molar-refractivity contribution in [2.24, 2.45) is 4.99 Å². The number of hydrogen-bond donors (Lipinski definition) is 3. The largest absolute Gasteiger partial charge is 0.493 e. The van der Waals surface area contributed by atoms with E-state index in [0.29, 0.717) is 22.8 Å². The van der Waals surface area contributed by atoms with Crippen LogP contribution in [-0.2, 0) is 0 Å². The van der Waals surface area contributed by atoms with Crippen molar-refractivity contribution >= 4 is 23.1 Å². The van der Waals surface area contributed by atoms with Crippen LogP contribution in [0.25, 0.3) is 0 Å². The highest BCUT2D eigenvalue weighted by molar-refractivity contribution is 6.14. The van der Waals surface area contributed by atoms with E-state index in [-0.39, 0.29) is 0 Å². The molecule has 3 N–H and O–H groups in total. The van der Waals surface area contributed by atoms with Gasteiger partial charge in [-0.25, -0.2) is 10.5 Å². The zero-order chi connectivity index (χ0) is 23.6.